The molecule has 0 radical (unpaired) electrons. The van der Waals surface area contributed by atoms with Gasteiger partial charge in [-0.15, -0.1) is 0 Å². The van der Waals surface area contributed by atoms with Crippen LogP contribution in [0.2, 0.25) is 0 Å². The number of likely N-dealkylation sites (N-methyl/N-ethyl adjacent to an activating group) is 1. The van der Waals surface area contributed by atoms with E-state index in [4.69, 9.17) is 0 Å². The average Bonchev–Trinajstić information content (AvgIpc) is 2.56. The summed E-state index contributed by atoms with van der Waals surface area (Å²) in [6.45, 7) is 3.95. The summed E-state index contributed by atoms with van der Waals surface area (Å²) >= 11 is 0. The summed E-state index contributed by atoms with van der Waals surface area (Å²) < 4.78 is 1.13. The Morgan fingerprint density at radius 2 is 1.83 bits per heavy atom. The molecule has 7 nitrogen and oxygen atoms in total. The largest absolute Gasteiger partial charge is 0.357 e. The fourth-order valence-electron chi connectivity index (χ4n) is 2.57. The number of benzene rings is 1. The van der Waals surface area contributed by atoms with Gasteiger partial charge in [0, 0.05) is 19.5 Å². The normalized spacial score (nSPS) is 12.2. The molecule has 24 heavy (non-hydrogen) atoms. The summed E-state index contributed by atoms with van der Waals surface area (Å²) in [5.74, 6) is -0.500. The van der Waals surface area contributed by atoms with Crippen LogP contribution in [-0.4, -0.2) is 34.7 Å². The summed E-state index contributed by atoms with van der Waals surface area (Å²) in [5, 5.41) is 10.2. The highest BCUT2D eigenvalue weighted by molar-refractivity contribution is 6.06. The Morgan fingerprint density at radius 1 is 1.21 bits per heavy atom. The van der Waals surface area contributed by atoms with Gasteiger partial charge in [-0.05, 0) is 18.4 Å². The van der Waals surface area contributed by atoms with Gasteiger partial charge in [-0.1, -0.05) is 32.0 Å². The molecule has 2 rings (SSSR count). The standard InChI is InChI=1S/C17H22N4O3/c1-10(2)9-13(15(22)18-3)19-16(23)14-11-7-5-6-8-12(11)17(24)21(4)20-14/h5-8,10,13H,9H2,1-4H3,(H,18,22)(H,19,23)/t13-/m0/s1. The summed E-state index contributed by atoms with van der Waals surface area (Å²) in [7, 11) is 3.03. The number of hydrogen-bond acceptors (Lipinski definition) is 4. The van der Waals surface area contributed by atoms with Crippen molar-refractivity contribution in [3.8, 4) is 0 Å². The van der Waals surface area contributed by atoms with Crippen LogP contribution in [0.25, 0.3) is 10.8 Å². The molecule has 0 aliphatic rings. The van der Waals surface area contributed by atoms with Crippen LogP contribution < -0.4 is 16.2 Å². The Balaban J connectivity index is 2.42. The molecule has 0 saturated heterocycles. The Morgan fingerprint density at radius 3 is 2.42 bits per heavy atom. The first-order valence-corrected chi connectivity index (χ1v) is 7.83. The number of hydrogen-bond donors (Lipinski definition) is 2. The molecule has 0 aliphatic carbocycles. The first-order chi connectivity index (χ1) is 11.3. The molecule has 2 N–H and O–H groups in total. The maximum absolute atomic E-state index is 12.7. The molecule has 7 heteroatoms. The van der Waals surface area contributed by atoms with E-state index in [9.17, 15) is 14.4 Å². The van der Waals surface area contributed by atoms with Gasteiger partial charge in [0.15, 0.2) is 5.69 Å². The SMILES string of the molecule is CNC(=O)[C@H](CC(C)C)NC(=O)c1nn(C)c(=O)c2ccccc12. The monoisotopic (exact) mass is 330 g/mol. The van der Waals surface area contributed by atoms with Gasteiger partial charge in [0.25, 0.3) is 11.5 Å². The topological polar surface area (TPSA) is 93.1 Å². The van der Waals surface area contributed by atoms with Crippen LogP contribution in [0.1, 0.15) is 30.8 Å². The van der Waals surface area contributed by atoms with Gasteiger partial charge < -0.3 is 10.6 Å². The van der Waals surface area contributed by atoms with Crippen molar-refractivity contribution in [3.05, 3.63) is 40.3 Å². The van der Waals surface area contributed by atoms with Gasteiger partial charge in [-0.3, -0.25) is 14.4 Å². The van der Waals surface area contributed by atoms with Crippen molar-refractivity contribution in [1.29, 1.82) is 0 Å². The summed E-state index contributed by atoms with van der Waals surface area (Å²) in [6, 6.07) is 6.15. The minimum absolute atomic E-state index is 0.130. The minimum Gasteiger partial charge on any atom is -0.357 e. The van der Waals surface area contributed by atoms with E-state index < -0.39 is 11.9 Å². The first-order valence-electron chi connectivity index (χ1n) is 7.83. The second-order valence-corrected chi connectivity index (χ2v) is 6.09. The fraction of sp³-hybridized carbons (Fsp3) is 0.412. The predicted molar refractivity (Wildman–Crippen MR) is 91.8 cm³/mol. The fourth-order valence-corrected chi connectivity index (χ4v) is 2.57. The lowest BCUT2D eigenvalue weighted by atomic mass is 10.0. The average molecular weight is 330 g/mol. The summed E-state index contributed by atoms with van der Waals surface area (Å²) in [5.41, 5.74) is -0.141. The molecule has 2 aromatic rings. The second-order valence-electron chi connectivity index (χ2n) is 6.09. The number of fused-ring (bicyclic) bond motifs is 1. The van der Waals surface area contributed by atoms with Gasteiger partial charge in [-0.25, -0.2) is 4.68 Å². The third kappa shape index (κ3) is 3.61. The lowest BCUT2D eigenvalue weighted by Crippen LogP contribution is -2.47. The third-order valence-electron chi connectivity index (χ3n) is 3.75. The van der Waals surface area contributed by atoms with Gasteiger partial charge in [0.05, 0.1) is 5.39 Å². The Hall–Kier alpha value is -2.70. The molecule has 0 aliphatic heterocycles. The molecule has 1 aromatic carbocycles. The Kier molecular flexibility index (Phi) is 5.33. The number of nitrogens with one attached hydrogen (secondary N) is 2. The van der Waals surface area contributed by atoms with Crippen LogP contribution in [0.4, 0.5) is 0 Å². The zero-order valence-electron chi connectivity index (χ0n) is 14.3. The molecular weight excluding hydrogens is 308 g/mol. The van der Waals surface area contributed by atoms with E-state index in [0.29, 0.717) is 17.2 Å². The molecule has 128 valence electrons. The van der Waals surface area contributed by atoms with Crippen molar-refractivity contribution in [2.24, 2.45) is 13.0 Å². The highest BCUT2D eigenvalue weighted by atomic mass is 16.2. The number of amides is 2. The molecule has 0 fully saturated rings. The highest BCUT2D eigenvalue weighted by Crippen LogP contribution is 2.14. The zero-order chi connectivity index (χ0) is 17.9. The number of carbonyl (C=O) groups excluding carboxylic acids is 2. The van der Waals surface area contributed by atoms with Crippen molar-refractivity contribution in [2.75, 3.05) is 7.05 Å². The van der Waals surface area contributed by atoms with Crippen molar-refractivity contribution >= 4 is 22.6 Å². The molecule has 1 atom stereocenters. The van der Waals surface area contributed by atoms with Crippen LogP contribution in [0.15, 0.2) is 29.1 Å². The quantitative estimate of drug-likeness (QED) is 0.849. The number of carbonyl (C=O) groups is 2. The van der Waals surface area contributed by atoms with Crippen LogP contribution in [0, 0.1) is 5.92 Å². The molecule has 1 aromatic heterocycles. The number of aryl methyl sites for hydroxylation is 1. The van der Waals surface area contributed by atoms with Crippen LogP contribution in [0.3, 0.4) is 0 Å². The molecule has 2 amide bonds. The predicted octanol–water partition coefficient (Wildman–Crippen LogP) is 0.824. The van der Waals surface area contributed by atoms with Gasteiger partial charge in [0.2, 0.25) is 5.91 Å². The molecule has 1 heterocycles. The van der Waals surface area contributed by atoms with E-state index in [-0.39, 0.29) is 23.1 Å². The van der Waals surface area contributed by atoms with E-state index in [0.717, 1.165) is 4.68 Å². The molecular formula is C17H22N4O3. The lowest BCUT2D eigenvalue weighted by molar-refractivity contribution is -0.122. The van der Waals surface area contributed by atoms with Crippen LogP contribution >= 0.6 is 0 Å². The van der Waals surface area contributed by atoms with E-state index in [1.165, 1.54) is 14.1 Å². The molecule has 0 unspecified atom stereocenters. The molecule has 0 saturated carbocycles. The molecule has 0 bridgehead atoms. The highest BCUT2D eigenvalue weighted by Gasteiger charge is 2.24. The van der Waals surface area contributed by atoms with Crippen molar-refractivity contribution in [1.82, 2.24) is 20.4 Å². The summed E-state index contributed by atoms with van der Waals surface area (Å²) in [4.78, 5) is 36.8. The van der Waals surface area contributed by atoms with Crippen molar-refractivity contribution < 1.29 is 9.59 Å². The zero-order valence-corrected chi connectivity index (χ0v) is 14.3. The Bertz CT molecular complexity index is 826. The van der Waals surface area contributed by atoms with Crippen molar-refractivity contribution in [2.45, 2.75) is 26.3 Å². The second kappa shape index (κ2) is 7.25. The summed E-state index contributed by atoms with van der Waals surface area (Å²) in [6.07, 6.45) is 0.509. The van der Waals surface area contributed by atoms with Crippen LogP contribution in [0.5, 0.6) is 0 Å². The lowest BCUT2D eigenvalue weighted by Gasteiger charge is -2.19. The maximum atomic E-state index is 12.7. The number of aromatic nitrogens is 2. The minimum atomic E-state index is -0.653. The first kappa shape index (κ1) is 17.7. The van der Waals surface area contributed by atoms with E-state index >= 15 is 0 Å². The molecule has 0 spiro atoms. The number of nitrogens with zero attached hydrogens (tertiary/aromatic N) is 2. The van der Waals surface area contributed by atoms with Gasteiger partial charge >= 0.3 is 0 Å². The Labute approximate surface area is 140 Å². The van der Waals surface area contributed by atoms with Gasteiger partial charge in [0.1, 0.15) is 6.04 Å². The van der Waals surface area contributed by atoms with E-state index in [1.807, 2.05) is 13.8 Å². The van der Waals surface area contributed by atoms with Crippen LogP contribution in [-0.2, 0) is 11.8 Å². The van der Waals surface area contributed by atoms with Gasteiger partial charge in [-0.2, -0.15) is 5.10 Å². The smallest absolute Gasteiger partial charge is 0.274 e. The van der Waals surface area contributed by atoms with Crippen molar-refractivity contribution in [3.63, 3.8) is 0 Å². The number of rotatable bonds is 5. The maximum Gasteiger partial charge on any atom is 0.274 e. The van der Waals surface area contributed by atoms with E-state index in [2.05, 4.69) is 15.7 Å². The third-order valence-corrected chi connectivity index (χ3v) is 3.75. The van der Waals surface area contributed by atoms with E-state index in [1.54, 1.807) is 24.3 Å².